The van der Waals surface area contributed by atoms with Gasteiger partial charge in [-0.15, -0.1) is 0 Å². The second-order valence-electron chi connectivity index (χ2n) is 10.7. The van der Waals surface area contributed by atoms with E-state index in [0.29, 0.717) is 24.6 Å². The van der Waals surface area contributed by atoms with E-state index < -0.39 is 0 Å². The number of allylic oxidation sites excluding steroid dienone is 9. The summed E-state index contributed by atoms with van der Waals surface area (Å²) in [5.41, 5.74) is 16.4. The lowest BCUT2D eigenvalue weighted by Gasteiger charge is -2.11. The van der Waals surface area contributed by atoms with Gasteiger partial charge in [0, 0.05) is 50.0 Å². The summed E-state index contributed by atoms with van der Waals surface area (Å²) in [7, 11) is 0. The SMILES string of the molecule is CCCCc1nc2c(N)nc3ccccc3c2n1CCCCNC(=O)CCC(=O)NCC1=C/C=C\C=C/C=C\C(N)=C/C=C\1. The van der Waals surface area contributed by atoms with E-state index in [-0.39, 0.29) is 24.7 Å². The van der Waals surface area contributed by atoms with Crippen molar-refractivity contribution in [1.29, 1.82) is 0 Å². The predicted octanol–water partition coefficient (Wildman–Crippen LogP) is 5.31. The first-order valence-electron chi connectivity index (χ1n) is 15.4. The third-order valence-electron chi connectivity index (χ3n) is 7.29. The zero-order valence-electron chi connectivity index (χ0n) is 25.5. The smallest absolute Gasteiger partial charge is 0.220 e. The van der Waals surface area contributed by atoms with Gasteiger partial charge < -0.3 is 26.7 Å². The number of rotatable bonds is 13. The summed E-state index contributed by atoms with van der Waals surface area (Å²) in [5.74, 6) is 1.18. The van der Waals surface area contributed by atoms with Crippen molar-refractivity contribution in [3.05, 3.63) is 102 Å². The minimum atomic E-state index is -0.171. The fourth-order valence-electron chi connectivity index (χ4n) is 4.95. The summed E-state index contributed by atoms with van der Waals surface area (Å²) < 4.78 is 2.28. The van der Waals surface area contributed by atoms with Gasteiger partial charge in [-0.1, -0.05) is 80.2 Å². The van der Waals surface area contributed by atoms with E-state index in [9.17, 15) is 9.59 Å². The van der Waals surface area contributed by atoms with Gasteiger partial charge in [0.1, 0.15) is 11.3 Å². The molecule has 2 aromatic heterocycles. The van der Waals surface area contributed by atoms with Gasteiger partial charge in [0.2, 0.25) is 11.8 Å². The molecule has 6 N–H and O–H groups in total. The highest BCUT2D eigenvalue weighted by Gasteiger charge is 2.17. The van der Waals surface area contributed by atoms with E-state index >= 15 is 0 Å². The Morgan fingerprint density at radius 2 is 1.61 bits per heavy atom. The number of amides is 2. The van der Waals surface area contributed by atoms with Gasteiger partial charge in [-0.05, 0) is 43.1 Å². The van der Waals surface area contributed by atoms with Gasteiger partial charge in [-0.3, -0.25) is 9.59 Å². The number of fused-ring (bicyclic) bond motifs is 3. The summed E-state index contributed by atoms with van der Waals surface area (Å²) in [6.07, 6.45) is 23.7. The quantitative estimate of drug-likeness (QED) is 0.198. The van der Waals surface area contributed by atoms with Crippen LogP contribution in [0.1, 0.15) is 51.3 Å². The summed E-state index contributed by atoms with van der Waals surface area (Å²) in [6.45, 7) is 3.85. The van der Waals surface area contributed by atoms with Crippen molar-refractivity contribution >= 4 is 39.6 Å². The molecule has 0 radical (unpaired) electrons. The number of imidazole rings is 1. The number of aryl methyl sites for hydroxylation is 2. The number of para-hydroxylation sites is 1. The number of pyridine rings is 1. The van der Waals surface area contributed by atoms with Crippen LogP contribution in [-0.4, -0.2) is 39.4 Å². The van der Waals surface area contributed by atoms with Crippen LogP contribution >= 0.6 is 0 Å². The average molecular weight is 594 g/mol. The molecule has 4 rings (SSSR count). The first-order chi connectivity index (χ1) is 21.5. The number of nitrogens with zero attached hydrogens (tertiary/aromatic N) is 3. The number of nitrogen functional groups attached to an aromatic ring is 1. The van der Waals surface area contributed by atoms with Crippen LogP contribution in [0.25, 0.3) is 21.9 Å². The van der Waals surface area contributed by atoms with Crippen molar-refractivity contribution in [1.82, 2.24) is 25.2 Å². The number of hydrogen-bond acceptors (Lipinski definition) is 6. The molecule has 2 heterocycles. The molecule has 0 saturated carbocycles. The Morgan fingerprint density at radius 1 is 0.841 bits per heavy atom. The number of aromatic nitrogens is 3. The number of unbranched alkanes of at least 4 members (excludes halogenated alkanes) is 2. The number of carbonyl (C=O) groups is 2. The topological polar surface area (TPSA) is 141 Å². The molecule has 9 nitrogen and oxygen atoms in total. The minimum Gasteiger partial charge on any atom is -0.399 e. The van der Waals surface area contributed by atoms with Crippen LogP contribution in [0, 0.1) is 0 Å². The van der Waals surface area contributed by atoms with E-state index in [1.807, 2.05) is 72.9 Å². The van der Waals surface area contributed by atoms with Crippen molar-refractivity contribution < 1.29 is 9.59 Å². The molecule has 0 aliphatic heterocycles. The molecule has 230 valence electrons. The maximum atomic E-state index is 12.4. The molecule has 1 aliphatic rings. The van der Waals surface area contributed by atoms with E-state index in [4.69, 9.17) is 16.5 Å². The van der Waals surface area contributed by atoms with Crippen LogP contribution in [0.4, 0.5) is 5.82 Å². The second kappa shape index (κ2) is 16.6. The van der Waals surface area contributed by atoms with Crippen molar-refractivity contribution in [2.45, 2.75) is 58.4 Å². The van der Waals surface area contributed by atoms with Crippen molar-refractivity contribution in [2.24, 2.45) is 5.73 Å². The average Bonchev–Trinajstić information content (AvgIpc) is 3.38. The lowest BCUT2D eigenvalue weighted by Crippen LogP contribution is -2.29. The van der Waals surface area contributed by atoms with Crippen LogP contribution in [-0.2, 0) is 22.6 Å². The number of hydrogen-bond donors (Lipinski definition) is 4. The van der Waals surface area contributed by atoms with E-state index in [2.05, 4.69) is 33.2 Å². The number of nitrogens with two attached hydrogens (primary N) is 2. The highest BCUT2D eigenvalue weighted by molar-refractivity contribution is 6.06. The van der Waals surface area contributed by atoms with Gasteiger partial charge in [-0.25, -0.2) is 9.97 Å². The minimum absolute atomic E-state index is 0.128. The summed E-state index contributed by atoms with van der Waals surface area (Å²) >= 11 is 0. The van der Waals surface area contributed by atoms with Gasteiger partial charge in [0.25, 0.3) is 0 Å². The van der Waals surface area contributed by atoms with Crippen LogP contribution in [0.15, 0.2) is 96.3 Å². The fraction of sp³-hybridized carbons (Fsp3) is 0.314. The number of nitrogens with one attached hydrogen (secondary N) is 2. The van der Waals surface area contributed by atoms with E-state index in [1.165, 1.54) is 0 Å². The summed E-state index contributed by atoms with van der Waals surface area (Å²) in [5, 5.41) is 6.90. The Morgan fingerprint density at radius 3 is 2.45 bits per heavy atom. The van der Waals surface area contributed by atoms with Crippen molar-refractivity contribution in [2.75, 3.05) is 18.8 Å². The molecule has 0 spiro atoms. The molecule has 3 aromatic rings. The highest BCUT2D eigenvalue weighted by atomic mass is 16.2. The molecule has 1 aromatic carbocycles. The fourth-order valence-corrected chi connectivity index (χ4v) is 4.95. The molecular formula is C35H43N7O2. The molecule has 0 unspecified atom stereocenters. The monoisotopic (exact) mass is 593 g/mol. The second-order valence-corrected chi connectivity index (χ2v) is 10.7. The van der Waals surface area contributed by atoms with Crippen LogP contribution in [0.5, 0.6) is 0 Å². The third kappa shape index (κ3) is 9.29. The Kier molecular flexibility index (Phi) is 12.1. The maximum absolute atomic E-state index is 12.4. The van der Waals surface area contributed by atoms with Gasteiger partial charge in [0.05, 0.1) is 11.0 Å². The van der Waals surface area contributed by atoms with Crippen molar-refractivity contribution in [3.8, 4) is 0 Å². The van der Waals surface area contributed by atoms with Crippen molar-refractivity contribution in [3.63, 3.8) is 0 Å². The molecule has 0 atom stereocenters. The first-order valence-corrected chi connectivity index (χ1v) is 15.4. The number of carbonyl (C=O) groups excluding carboxylic acids is 2. The maximum Gasteiger partial charge on any atom is 0.220 e. The molecule has 1 aliphatic carbocycles. The zero-order chi connectivity index (χ0) is 31.1. The van der Waals surface area contributed by atoms with Crippen LogP contribution in [0.2, 0.25) is 0 Å². The Hall–Kier alpha value is -4.92. The summed E-state index contributed by atoms with van der Waals surface area (Å²) in [4.78, 5) is 34.3. The molecule has 44 heavy (non-hydrogen) atoms. The molecular weight excluding hydrogens is 550 g/mol. The number of anilines is 1. The standard InChI is InChI=1S/C35H43N7O2/c1-2-3-20-30-41-33-34(28-18-9-10-19-29(28)40-35(33)37)42(30)24-12-11-23-38-31(43)21-22-32(44)39-25-26-14-7-5-4-6-8-16-27(36)17-13-15-26/h4-10,13-19H,2-3,11-12,20-25,36H2,1H3,(H2,37,40)(H,38,43)(H,39,44)/b5-4?,6-4-,7-5-,8-6?,14-7?,15-13-,16-8-,17-13?,26-14+,26-15?,27-16?,27-17+. The Labute approximate surface area is 259 Å². The molecule has 9 heteroatoms. The third-order valence-corrected chi connectivity index (χ3v) is 7.29. The summed E-state index contributed by atoms with van der Waals surface area (Å²) in [6, 6.07) is 8.02. The number of benzene rings is 1. The molecule has 0 fully saturated rings. The van der Waals surface area contributed by atoms with Gasteiger partial charge >= 0.3 is 0 Å². The van der Waals surface area contributed by atoms with Crippen LogP contribution < -0.4 is 22.1 Å². The van der Waals surface area contributed by atoms with Gasteiger partial charge in [-0.2, -0.15) is 0 Å². The van der Waals surface area contributed by atoms with E-state index in [0.717, 1.165) is 72.0 Å². The lowest BCUT2D eigenvalue weighted by atomic mass is 10.1. The first kappa shape index (κ1) is 32.0. The normalized spacial score (nSPS) is 18.7. The Balaban J connectivity index is 1.23. The molecule has 0 bridgehead atoms. The molecule has 2 amide bonds. The lowest BCUT2D eigenvalue weighted by molar-refractivity contribution is -0.126. The largest absolute Gasteiger partial charge is 0.399 e. The highest BCUT2D eigenvalue weighted by Crippen LogP contribution is 2.29. The van der Waals surface area contributed by atoms with Crippen LogP contribution in [0.3, 0.4) is 0 Å². The van der Waals surface area contributed by atoms with E-state index in [1.54, 1.807) is 6.08 Å². The predicted molar refractivity (Wildman–Crippen MR) is 179 cm³/mol. The van der Waals surface area contributed by atoms with Gasteiger partial charge in [0.15, 0.2) is 5.82 Å². The zero-order valence-corrected chi connectivity index (χ0v) is 25.5. The molecule has 0 saturated heterocycles. The Bertz CT molecular complexity index is 1640.